The lowest BCUT2D eigenvalue weighted by Gasteiger charge is -2.08. The largest absolute Gasteiger partial charge is 0.507 e. The summed E-state index contributed by atoms with van der Waals surface area (Å²) in [5.41, 5.74) is 4.92. The smallest absolute Gasteiger partial charge is 0.339 e. The summed E-state index contributed by atoms with van der Waals surface area (Å²) in [6.45, 7) is 0.0826. The summed E-state index contributed by atoms with van der Waals surface area (Å²) in [4.78, 5) is 21.5. The molecular formula is C9H11N3O4S. The number of hydrogen-bond acceptors (Lipinski definition) is 6. The van der Waals surface area contributed by atoms with Gasteiger partial charge in [-0.1, -0.05) is 12.1 Å². The minimum absolute atomic E-state index is 0.0826. The molecule has 0 saturated heterocycles. The number of carboxylic acid groups (broad SMARTS) is 1. The van der Waals surface area contributed by atoms with E-state index >= 15 is 0 Å². The Bertz CT molecular complexity index is 438. The third kappa shape index (κ3) is 3.63. The second-order valence-corrected chi connectivity index (χ2v) is 3.61. The van der Waals surface area contributed by atoms with Crippen molar-refractivity contribution < 1.29 is 19.8 Å². The molecule has 0 aromatic heterocycles. The van der Waals surface area contributed by atoms with Crippen LogP contribution in [0, 0.1) is 0 Å². The molecule has 0 heterocycles. The normalized spacial score (nSPS) is 9.94. The minimum atomic E-state index is -1.22. The Hall–Kier alpha value is -1.77. The molecule has 1 aromatic carbocycles. The van der Waals surface area contributed by atoms with E-state index in [-0.39, 0.29) is 17.9 Å². The summed E-state index contributed by atoms with van der Waals surface area (Å²) < 4.78 is 0. The first-order valence-electron chi connectivity index (χ1n) is 4.50. The van der Waals surface area contributed by atoms with Gasteiger partial charge in [-0.2, -0.15) is 0 Å². The van der Waals surface area contributed by atoms with Gasteiger partial charge in [0.1, 0.15) is 11.3 Å². The number of nitrogens with one attached hydrogen (secondary N) is 2. The van der Waals surface area contributed by atoms with Crippen LogP contribution in [0.3, 0.4) is 0 Å². The monoisotopic (exact) mass is 257 g/mol. The van der Waals surface area contributed by atoms with Gasteiger partial charge < -0.3 is 10.2 Å². The van der Waals surface area contributed by atoms with Crippen LogP contribution in [0.25, 0.3) is 0 Å². The first-order chi connectivity index (χ1) is 8.06. The topological polar surface area (TPSA) is 125 Å². The van der Waals surface area contributed by atoms with Crippen LogP contribution in [0.4, 0.5) is 4.79 Å². The zero-order chi connectivity index (χ0) is 12.8. The molecule has 0 aliphatic rings. The molecule has 0 fully saturated rings. The molecule has 0 atom stereocenters. The molecule has 1 amide bonds. The number of rotatable bonds is 4. The zero-order valence-corrected chi connectivity index (χ0v) is 9.45. The number of phenols is 1. The second kappa shape index (κ2) is 6.09. The van der Waals surface area contributed by atoms with E-state index in [0.717, 1.165) is 0 Å². The number of hydrazine groups is 1. The van der Waals surface area contributed by atoms with Crippen LogP contribution in [0.15, 0.2) is 18.2 Å². The number of aromatic hydroxyl groups is 1. The van der Waals surface area contributed by atoms with Crippen molar-refractivity contribution in [3.63, 3.8) is 0 Å². The molecular weight excluding hydrogens is 246 g/mol. The molecule has 0 bridgehead atoms. The number of hydrogen-bond donors (Lipinski definition) is 5. The lowest BCUT2D eigenvalue weighted by molar-refractivity contribution is 0.0693. The zero-order valence-electron chi connectivity index (χ0n) is 8.64. The Morgan fingerprint density at radius 2 is 2.12 bits per heavy atom. The van der Waals surface area contributed by atoms with Crippen molar-refractivity contribution in [1.29, 1.82) is 0 Å². The van der Waals surface area contributed by atoms with Gasteiger partial charge >= 0.3 is 11.2 Å². The van der Waals surface area contributed by atoms with Gasteiger partial charge in [0.2, 0.25) is 0 Å². The molecule has 8 heteroatoms. The molecule has 92 valence electrons. The van der Waals surface area contributed by atoms with E-state index in [1.807, 2.05) is 0 Å². The molecule has 0 unspecified atom stereocenters. The molecule has 0 aliphatic carbocycles. The maximum Gasteiger partial charge on any atom is 0.339 e. The van der Waals surface area contributed by atoms with Crippen LogP contribution in [-0.4, -0.2) is 21.4 Å². The summed E-state index contributed by atoms with van der Waals surface area (Å²) >= 11 is 0.503. The Labute approximate surface area is 101 Å². The van der Waals surface area contributed by atoms with E-state index in [9.17, 15) is 14.7 Å². The second-order valence-electron chi connectivity index (χ2n) is 3.00. The highest BCUT2D eigenvalue weighted by Crippen LogP contribution is 2.21. The third-order valence-corrected chi connectivity index (χ3v) is 2.24. The third-order valence-electron chi connectivity index (χ3n) is 1.93. The van der Waals surface area contributed by atoms with E-state index < -0.39 is 11.2 Å². The van der Waals surface area contributed by atoms with Crippen LogP contribution >= 0.6 is 11.9 Å². The van der Waals surface area contributed by atoms with Crippen molar-refractivity contribution in [2.24, 2.45) is 5.14 Å². The summed E-state index contributed by atoms with van der Waals surface area (Å²) in [6.07, 6.45) is 0. The lowest BCUT2D eigenvalue weighted by atomic mass is 10.1. The number of benzene rings is 1. The van der Waals surface area contributed by atoms with Gasteiger partial charge in [0.15, 0.2) is 0 Å². The van der Waals surface area contributed by atoms with Gasteiger partial charge in [0.05, 0.1) is 0 Å². The first kappa shape index (κ1) is 13.3. The van der Waals surface area contributed by atoms with E-state index in [0.29, 0.717) is 17.5 Å². The molecule has 0 aliphatic heterocycles. The SMILES string of the molecule is NSC(=O)NNCc1cccc(C(=O)O)c1O. The van der Waals surface area contributed by atoms with Crippen LogP contribution < -0.4 is 16.0 Å². The van der Waals surface area contributed by atoms with Crippen molar-refractivity contribution >= 4 is 23.2 Å². The average molecular weight is 257 g/mol. The Morgan fingerprint density at radius 3 is 2.71 bits per heavy atom. The Balaban J connectivity index is 2.69. The van der Waals surface area contributed by atoms with E-state index in [4.69, 9.17) is 10.2 Å². The molecule has 0 spiro atoms. The van der Waals surface area contributed by atoms with Gasteiger partial charge in [-0.3, -0.25) is 15.4 Å². The van der Waals surface area contributed by atoms with Crippen molar-refractivity contribution in [3.8, 4) is 5.75 Å². The Kier molecular flexibility index (Phi) is 4.76. The number of carbonyl (C=O) groups excluding carboxylic acids is 1. The highest BCUT2D eigenvalue weighted by Gasteiger charge is 2.12. The van der Waals surface area contributed by atoms with Gasteiger partial charge in [-0.05, 0) is 6.07 Å². The summed E-state index contributed by atoms with van der Waals surface area (Å²) in [5, 5.41) is 22.9. The fourth-order valence-corrected chi connectivity index (χ4v) is 1.28. The predicted molar refractivity (Wildman–Crippen MR) is 62.2 cm³/mol. The number of carbonyl (C=O) groups is 2. The van der Waals surface area contributed by atoms with Crippen LogP contribution in [0.5, 0.6) is 5.75 Å². The van der Waals surface area contributed by atoms with Crippen molar-refractivity contribution in [2.45, 2.75) is 6.54 Å². The van der Waals surface area contributed by atoms with Gasteiger partial charge in [-0.25, -0.2) is 10.2 Å². The minimum Gasteiger partial charge on any atom is -0.507 e. The molecule has 7 nitrogen and oxygen atoms in total. The number of aromatic carboxylic acids is 1. The first-order valence-corrected chi connectivity index (χ1v) is 5.38. The summed E-state index contributed by atoms with van der Waals surface area (Å²) in [6, 6.07) is 4.33. The van der Waals surface area contributed by atoms with E-state index in [1.165, 1.54) is 18.2 Å². The molecule has 17 heavy (non-hydrogen) atoms. The van der Waals surface area contributed by atoms with Crippen molar-refractivity contribution in [2.75, 3.05) is 0 Å². The molecule has 1 aromatic rings. The van der Waals surface area contributed by atoms with Crippen molar-refractivity contribution in [1.82, 2.24) is 10.9 Å². The van der Waals surface area contributed by atoms with E-state index in [2.05, 4.69) is 10.9 Å². The van der Waals surface area contributed by atoms with Crippen LogP contribution in [0.2, 0.25) is 0 Å². The van der Waals surface area contributed by atoms with Gasteiger partial charge in [0, 0.05) is 24.1 Å². The molecule has 0 radical (unpaired) electrons. The fourth-order valence-electron chi connectivity index (χ4n) is 1.15. The fraction of sp³-hybridized carbons (Fsp3) is 0.111. The maximum atomic E-state index is 10.8. The number of para-hydroxylation sites is 1. The molecule has 0 saturated carbocycles. The average Bonchev–Trinajstić information content (AvgIpc) is 2.30. The standard InChI is InChI=1S/C9H11N3O4S/c10-17-9(16)12-11-4-5-2-1-3-6(7(5)13)8(14)15/h1-3,11,13H,4,10H2,(H,12,16)(H,14,15). The number of nitrogens with two attached hydrogens (primary N) is 1. The number of carboxylic acids is 1. The Morgan fingerprint density at radius 1 is 1.41 bits per heavy atom. The van der Waals surface area contributed by atoms with Crippen molar-refractivity contribution in [3.05, 3.63) is 29.3 Å². The van der Waals surface area contributed by atoms with Crippen LogP contribution in [0.1, 0.15) is 15.9 Å². The van der Waals surface area contributed by atoms with Crippen LogP contribution in [-0.2, 0) is 6.54 Å². The van der Waals surface area contributed by atoms with E-state index in [1.54, 1.807) is 0 Å². The lowest BCUT2D eigenvalue weighted by Crippen LogP contribution is -2.34. The summed E-state index contributed by atoms with van der Waals surface area (Å²) in [7, 11) is 0. The highest BCUT2D eigenvalue weighted by atomic mass is 32.2. The molecule has 1 rings (SSSR count). The maximum absolute atomic E-state index is 10.8. The number of amides is 1. The quantitative estimate of drug-likeness (QED) is 0.391. The van der Waals surface area contributed by atoms with Gasteiger partial charge in [0.25, 0.3) is 0 Å². The van der Waals surface area contributed by atoms with Gasteiger partial charge in [-0.15, -0.1) is 0 Å². The summed E-state index contributed by atoms with van der Waals surface area (Å²) in [5.74, 6) is -1.55. The molecule has 6 N–H and O–H groups in total. The predicted octanol–water partition coefficient (Wildman–Crippen LogP) is 0.411. The highest BCUT2D eigenvalue weighted by molar-refractivity contribution is 8.11.